The van der Waals surface area contributed by atoms with Gasteiger partial charge in [0.25, 0.3) is 5.56 Å². The molecule has 4 rings (SSSR count). The maximum atomic E-state index is 12.6. The summed E-state index contributed by atoms with van der Waals surface area (Å²) in [6.45, 7) is 1.36. The Labute approximate surface area is 188 Å². The number of hydrogen-bond donors (Lipinski definition) is 4. The van der Waals surface area contributed by atoms with Crippen LogP contribution in [0.25, 0.3) is 16.6 Å². The van der Waals surface area contributed by atoms with Crippen LogP contribution < -0.4 is 20.3 Å². The molecule has 3 aromatic heterocycles. The number of aryl methyl sites for hydroxylation is 1. The number of H-pyrrole nitrogens is 1. The van der Waals surface area contributed by atoms with E-state index in [1.54, 1.807) is 23.9 Å². The maximum absolute atomic E-state index is 12.6. The summed E-state index contributed by atoms with van der Waals surface area (Å²) in [4.78, 5) is 22.8. The largest absolute Gasteiger partial charge is 0.494 e. The van der Waals surface area contributed by atoms with E-state index >= 15 is 0 Å². The summed E-state index contributed by atoms with van der Waals surface area (Å²) in [6.07, 6.45) is 4.47. The smallest absolute Gasteiger partial charge is 0.291 e. The molecule has 33 heavy (non-hydrogen) atoms. The molecule has 0 saturated heterocycles. The number of aliphatic hydroxyl groups excluding tert-OH is 1. The molecule has 0 aliphatic carbocycles. The highest BCUT2D eigenvalue weighted by atomic mass is 32.2. The number of fused-ring (bicyclic) bond motifs is 1. The molecule has 4 N–H and O–H groups in total. The molecule has 0 bridgehead atoms. The number of aromatic amines is 1. The Balaban J connectivity index is 1.84. The Morgan fingerprint density at radius 1 is 1.24 bits per heavy atom. The summed E-state index contributed by atoms with van der Waals surface area (Å²) in [5.74, 6) is 0.820. The van der Waals surface area contributed by atoms with E-state index in [2.05, 4.69) is 30.1 Å². The average Bonchev–Trinajstić information content (AvgIpc) is 3.14. The first-order valence-electron chi connectivity index (χ1n) is 9.79. The molecule has 12 nitrogen and oxygen atoms in total. The molecule has 0 fully saturated rings. The zero-order valence-corrected chi connectivity index (χ0v) is 18.5. The van der Waals surface area contributed by atoms with Crippen molar-refractivity contribution in [2.75, 3.05) is 25.6 Å². The quantitative estimate of drug-likeness (QED) is 0.291. The molecule has 0 amide bonds. The Morgan fingerprint density at radius 3 is 2.79 bits per heavy atom. The highest BCUT2D eigenvalue weighted by Crippen LogP contribution is 2.30. The van der Waals surface area contributed by atoms with E-state index in [0.29, 0.717) is 28.5 Å². The summed E-state index contributed by atoms with van der Waals surface area (Å²) in [7, 11) is -2.39. The minimum Gasteiger partial charge on any atom is -0.494 e. The standard InChI is InChI=1S/C20H21N7O5S/c1-12-14-11-23-18(25-19-20(29)22-6-5-21-19)10-15(14)27(26-12)16-9-13(3-4-17(16)32-2)33(30,31)24-7-8-28/h3-6,9-11,24,28H,7-8H2,1-2H3,(H,22,29)(H,21,23,25). The third-order valence-corrected chi connectivity index (χ3v) is 6.26. The van der Waals surface area contributed by atoms with Crippen LogP contribution in [0, 0.1) is 6.92 Å². The van der Waals surface area contributed by atoms with Gasteiger partial charge in [0.1, 0.15) is 17.3 Å². The Bertz CT molecular complexity index is 1480. The summed E-state index contributed by atoms with van der Waals surface area (Å²) >= 11 is 0. The molecule has 13 heteroatoms. The molecule has 172 valence electrons. The maximum Gasteiger partial charge on any atom is 0.291 e. The summed E-state index contributed by atoms with van der Waals surface area (Å²) in [5, 5.41) is 17.1. The van der Waals surface area contributed by atoms with Gasteiger partial charge in [0.2, 0.25) is 10.0 Å². The Kier molecular flexibility index (Phi) is 6.09. The van der Waals surface area contributed by atoms with Gasteiger partial charge in [0.15, 0.2) is 5.82 Å². The van der Waals surface area contributed by atoms with E-state index in [1.807, 2.05) is 0 Å². The minimum atomic E-state index is -3.86. The van der Waals surface area contributed by atoms with E-state index in [9.17, 15) is 13.2 Å². The van der Waals surface area contributed by atoms with Gasteiger partial charge >= 0.3 is 0 Å². The van der Waals surface area contributed by atoms with Crippen LogP contribution in [0.3, 0.4) is 0 Å². The number of nitrogens with one attached hydrogen (secondary N) is 3. The normalized spacial score (nSPS) is 11.6. The molecule has 0 unspecified atom stereocenters. The van der Waals surface area contributed by atoms with E-state index in [-0.39, 0.29) is 23.9 Å². The second-order valence-corrected chi connectivity index (χ2v) is 8.70. The minimum absolute atomic E-state index is 0.0134. The number of aromatic nitrogens is 5. The van der Waals surface area contributed by atoms with Gasteiger partial charge in [-0.25, -0.2) is 27.8 Å². The number of aliphatic hydroxyl groups is 1. The monoisotopic (exact) mass is 471 g/mol. The fourth-order valence-electron chi connectivity index (χ4n) is 3.24. The van der Waals surface area contributed by atoms with E-state index in [4.69, 9.17) is 9.84 Å². The number of hydrogen-bond acceptors (Lipinski definition) is 9. The van der Waals surface area contributed by atoms with Crippen molar-refractivity contribution in [3.8, 4) is 11.4 Å². The Hall–Kier alpha value is -3.81. The molecule has 0 spiro atoms. The number of methoxy groups -OCH3 is 1. The lowest BCUT2D eigenvalue weighted by Crippen LogP contribution is -2.26. The zero-order valence-electron chi connectivity index (χ0n) is 17.7. The van der Waals surface area contributed by atoms with Crippen LogP contribution in [0.5, 0.6) is 5.75 Å². The van der Waals surface area contributed by atoms with Crippen LogP contribution in [-0.2, 0) is 10.0 Å². The van der Waals surface area contributed by atoms with Crippen molar-refractivity contribution in [3.63, 3.8) is 0 Å². The summed E-state index contributed by atoms with van der Waals surface area (Å²) in [5.41, 5.74) is 1.25. The molecular weight excluding hydrogens is 450 g/mol. The van der Waals surface area contributed by atoms with Crippen LogP contribution in [0.1, 0.15) is 5.69 Å². The number of rotatable bonds is 8. The van der Waals surface area contributed by atoms with Crippen molar-refractivity contribution in [2.45, 2.75) is 11.8 Å². The van der Waals surface area contributed by atoms with Gasteiger partial charge in [-0.15, -0.1) is 0 Å². The first-order valence-corrected chi connectivity index (χ1v) is 11.3. The SMILES string of the molecule is COc1ccc(S(=O)(=O)NCCO)cc1-n1nc(C)c2cnc(Nc3ncc[nH]c3=O)cc21. The van der Waals surface area contributed by atoms with Crippen LogP contribution in [0.4, 0.5) is 11.6 Å². The molecule has 1 aromatic carbocycles. The van der Waals surface area contributed by atoms with E-state index in [1.165, 1.54) is 37.7 Å². The molecule has 0 saturated carbocycles. The van der Waals surface area contributed by atoms with Crippen molar-refractivity contribution >= 4 is 32.6 Å². The molecule has 0 atom stereocenters. The van der Waals surface area contributed by atoms with E-state index in [0.717, 1.165) is 5.39 Å². The molecule has 3 heterocycles. The lowest BCUT2D eigenvalue weighted by Gasteiger charge is -2.13. The van der Waals surface area contributed by atoms with Crippen LogP contribution >= 0.6 is 0 Å². The second-order valence-electron chi connectivity index (χ2n) is 6.93. The van der Waals surface area contributed by atoms with Gasteiger partial charge in [0.05, 0.1) is 29.8 Å². The van der Waals surface area contributed by atoms with Crippen molar-refractivity contribution < 1.29 is 18.3 Å². The van der Waals surface area contributed by atoms with Crippen LogP contribution in [-0.4, -0.2) is 58.5 Å². The highest BCUT2D eigenvalue weighted by molar-refractivity contribution is 7.89. The fraction of sp³-hybridized carbons (Fsp3) is 0.200. The number of sulfonamides is 1. The predicted molar refractivity (Wildman–Crippen MR) is 121 cm³/mol. The summed E-state index contributed by atoms with van der Waals surface area (Å²) in [6, 6.07) is 6.04. The highest BCUT2D eigenvalue weighted by Gasteiger charge is 2.20. The number of pyridine rings is 1. The van der Waals surface area contributed by atoms with Crippen LogP contribution in [0.15, 0.2) is 52.5 Å². The lowest BCUT2D eigenvalue weighted by atomic mass is 10.2. The number of nitrogens with zero attached hydrogens (tertiary/aromatic N) is 4. The van der Waals surface area contributed by atoms with Gasteiger partial charge in [-0.2, -0.15) is 5.10 Å². The third-order valence-electron chi connectivity index (χ3n) is 4.80. The van der Waals surface area contributed by atoms with Gasteiger partial charge < -0.3 is 20.1 Å². The van der Waals surface area contributed by atoms with Gasteiger partial charge in [-0.3, -0.25) is 4.79 Å². The first kappa shape index (κ1) is 22.4. The third kappa shape index (κ3) is 4.41. The van der Waals surface area contributed by atoms with Gasteiger partial charge in [-0.1, -0.05) is 0 Å². The van der Waals surface area contributed by atoms with Crippen molar-refractivity contribution in [1.82, 2.24) is 29.5 Å². The fourth-order valence-corrected chi connectivity index (χ4v) is 4.28. The molecule has 4 aromatic rings. The number of benzene rings is 1. The molecular formula is C20H21N7O5S. The van der Waals surface area contributed by atoms with Crippen molar-refractivity contribution in [1.29, 1.82) is 0 Å². The average molecular weight is 471 g/mol. The Morgan fingerprint density at radius 2 is 2.06 bits per heavy atom. The summed E-state index contributed by atoms with van der Waals surface area (Å²) < 4.78 is 34.5. The van der Waals surface area contributed by atoms with Gasteiger partial charge in [-0.05, 0) is 25.1 Å². The number of anilines is 2. The predicted octanol–water partition coefficient (Wildman–Crippen LogP) is 0.835. The lowest BCUT2D eigenvalue weighted by molar-refractivity contribution is 0.301. The number of ether oxygens (including phenoxy) is 1. The molecule has 0 radical (unpaired) electrons. The van der Waals surface area contributed by atoms with Crippen molar-refractivity contribution in [2.24, 2.45) is 0 Å². The zero-order chi connectivity index (χ0) is 23.6. The molecule has 0 aliphatic rings. The topological polar surface area (TPSA) is 164 Å². The van der Waals surface area contributed by atoms with E-state index < -0.39 is 15.6 Å². The van der Waals surface area contributed by atoms with Crippen LogP contribution in [0.2, 0.25) is 0 Å². The first-order chi connectivity index (χ1) is 15.8. The molecule has 0 aliphatic heterocycles. The van der Waals surface area contributed by atoms with Gasteiger partial charge in [0, 0.05) is 36.6 Å². The van der Waals surface area contributed by atoms with Crippen molar-refractivity contribution in [3.05, 3.63) is 58.9 Å². The second kappa shape index (κ2) is 8.97.